The van der Waals surface area contributed by atoms with Gasteiger partial charge in [-0.3, -0.25) is 0 Å². The minimum atomic E-state index is -0.856. The summed E-state index contributed by atoms with van der Waals surface area (Å²) in [6, 6.07) is 2.40. The van der Waals surface area contributed by atoms with Gasteiger partial charge < -0.3 is 10.2 Å². The first kappa shape index (κ1) is 10.9. The molecular formula is C10H8F2N2OS. The summed E-state index contributed by atoms with van der Waals surface area (Å²) in [5, 5.41) is 0.0309. The Bertz CT molecular complexity index is 528. The van der Waals surface area contributed by atoms with Gasteiger partial charge in [-0.1, -0.05) is 11.8 Å². The first-order valence-electron chi connectivity index (χ1n) is 4.41. The minimum absolute atomic E-state index is 0.0309. The Morgan fingerprint density at radius 1 is 1.38 bits per heavy atom. The molecule has 0 radical (unpaired) electrons. The molecule has 2 N–H and O–H groups in total. The molecule has 84 valence electrons. The van der Waals surface area contributed by atoms with Crippen LogP contribution in [-0.2, 0) is 0 Å². The molecule has 0 unspecified atom stereocenters. The zero-order chi connectivity index (χ0) is 11.7. The van der Waals surface area contributed by atoms with Gasteiger partial charge in [-0.05, 0) is 13.0 Å². The fourth-order valence-electron chi connectivity index (χ4n) is 1.12. The second kappa shape index (κ2) is 4.13. The zero-order valence-corrected chi connectivity index (χ0v) is 9.15. The molecular weight excluding hydrogens is 234 g/mol. The van der Waals surface area contributed by atoms with E-state index in [4.69, 9.17) is 10.2 Å². The summed E-state index contributed by atoms with van der Waals surface area (Å²) in [7, 11) is 0. The van der Waals surface area contributed by atoms with Gasteiger partial charge in [0.15, 0.2) is 17.5 Å². The first-order chi connectivity index (χ1) is 7.58. The van der Waals surface area contributed by atoms with Crippen molar-refractivity contribution in [3.63, 3.8) is 0 Å². The van der Waals surface area contributed by atoms with E-state index in [0.717, 1.165) is 22.7 Å². The lowest BCUT2D eigenvalue weighted by Gasteiger charge is -2.03. The van der Waals surface area contributed by atoms with Gasteiger partial charge in [0.2, 0.25) is 0 Å². The predicted molar refractivity (Wildman–Crippen MR) is 56.1 cm³/mol. The summed E-state index contributed by atoms with van der Waals surface area (Å²) in [5.41, 5.74) is 5.27. The van der Waals surface area contributed by atoms with Gasteiger partial charge in [-0.15, -0.1) is 0 Å². The average molecular weight is 242 g/mol. The molecule has 2 aromatic rings. The molecule has 0 amide bonds. The molecule has 3 nitrogen and oxygen atoms in total. The SMILES string of the molecule is Cc1occc1Sc1nc(N)c(F)cc1F. The molecule has 0 aliphatic carbocycles. The number of halogens is 2. The molecule has 2 rings (SSSR count). The van der Waals surface area contributed by atoms with Crippen LogP contribution in [0.15, 0.2) is 32.7 Å². The van der Waals surface area contributed by atoms with E-state index in [-0.39, 0.29) is 10.8 Å². The maximum Gasteiger partial charge on any atom is 0.168 e. The smallest absolute Gasteiger partial charge is 0.168 e. The van der Waals surface area contributed by atoms with E-state index >= 15 is 0 Å². The maximum absolute atomic E-state index is 13.3. The highest BCUT2D eigenvalue weighted by Gasteiger charge is 2.13. The summed E-state index contributed by atoms with van der Waals surface area (Å²) in [6.45, 7) is 1.74. The molecule has 16 heavy (non-hydrogen) atoms. The van der Waals surface area contributed by atoms with Crippen molar-refractivity contribution in [3.05, 3.63) is 35.8 Å². The molecule has 0 saturated heterocycles. The number of aromatic nitrogens is 1. The zero-order valence-electron chi connectivity index (χ0n) is 8.33. The molecule has 0 fully saturated rings. The number of hydrogen-bond donors (Lipinski definition) is 1. The first-order valence-corrected chi connectivity index (χ1v) is 5.23. The molecule has 0 spiro atoms. The topological polar surface area (TPSA) is 52.0 Å². The molecule has 0 aliphatic heterocycles. The van der Waals surface area contributed by atoms with Gasteiger partial charge in [-0.2, -0.15) is 0 Å². The minimum Gasteiger partial charge on any atom is -0.468 e. The maximum atomic E-state index is 13.3. The third-order valence-electron chi connectivity index (χ3n) is 1.94. The van der Waals surface area contributed by atoms with E-state index in [2.05, 4.69) is 4.98 Å². The Morgan fingerprint density at radius 2 is 2.12 bits per heavy atom. The summed E-state index contributed by atoms with van der Waals surface area (Å²) < 4.78 is 31.3. The molecule has 0 bridgehead atoms. The van der Waals surface area contributed by atoms with Crippen LogP contribution in [0.5, 0.6) is 0 Å². The third-order valence-corrected chi connectivity index (χ3v) is 3.07. The van der Waals surface area contributed by atoms with Crippen LogP contribution in [0.4, 0.5) is 14.6 Å². The number of pyridine rings is 1. The van der Waals surface area contributed by atoms with Crippen LogP contribution in [0.3, 0.4) is 0 Å². The van der Waals surface area contributed by atoms with Crippen LogP contribution < -0.4 is 5.73 Å². The number of anilines is 1. The van der Waals surface area contributed by atoms with Crippen LogP contribution in [0.25, 0.3) is 0 Å². The number of rotatable bonds is 2. The lowest BCUT2D eigenvalue weighted by atomic mass is 10.4. The van der Waals surface area contributed by atoms with Crippen molar-refractivity contribution in [3.8, 4) is 0 Å². The quantitative estimate of drug-likeness (QED) is 0.879. The fraction of sp³-hybridized carbons (Fsp3) is 0.100. The normalized spacial score (nSPS) is 10.7. The fourth-order valence-corrected chi connectivity index (χ4v) is 1.94. The summed E-state index contributed by atoms with van der Waals surface area (Å²) in [5.74, 6) is -1.26. The third kappa shape index (κ3) is 2.01. The summed E-state index contributed by atoms with van der Waals surface area (Å²) >= 11 is 1.04. The second-order valence-electron chi connectivity index (χ2n) is 3.09. The van der Waals surface area contributed by atoms with E-state index in [0.29, 0.717) is 5.76 Å². The molecule has 0 aliphatic rings. The highest BCUT2D eigenvalue weighted by atomic mass is 32.2. The molecule has 0 aromatic carbocycles. The molecule has 0 saturated carbocycles. The van der Waals surface area contributed by atoms with Crippen molar-refractivity contribution in [1.82, 2.24) is 4.98 Å². The van der Waals surface area contributed by atoms with Crippen LogP contribution in [0, 0.1) is 18.6 Å². The van der Waals surface area contributed by atoms with Crippen molar-refractivity contribution >= 4 is 17.6 Å². The Hall–Kier alpha value is -1.56. The van der Waals surface area contributed by atoms with E-state index in [1.54, 1.807) is 13.0 Å². The number of nitrogens with two attached hydrogens (primary N) is 1. The van der Waals surface area contributed by atoms with Gasteiger partial charge in [0.05, 0.1) is 11.2 Å². The lowest BCUT2D eigenvalue weighted by molar-refractivity contribution is 0.526. The van der Waals surface area contributed by atoms with E-state index in [9.17, 15) is 8.78 Å². The largest absolute Gasteiger partial charge is 0.468 e. The summed E-state index contributed by atoms with van der Waals surface area (Å²) in [4.78, 5) is 4.36. The van der Waals surface area contributed by atoms with Gasteiger partial charge in [0, 0.05) is 6.07 Å². The average Bonchev–Trinajstić information content (AvgIpc) is 2.61. The van der Waals surface area contributed by atoms with Crippen LogP contribution >= 0.6 is 11.8 Å². The Labute approximate surface area is 94.7 Å². The van der Waals surface area contributed by atoms with Gasteiger partial charge in [0.1, 0.15) is 10.8 Å². The van der Waals surface area contributed by atoms with Crippen molar-refractivity contribution in [1.29, 1.82) is 0 Å². The molecule has 2 heterocycles. The number of nitrogens with zero attached hydrogens (tertiary/aromatic N) is 1. The number of nitrogen functional groups attached to an aromatic ring is 1. The van der Waals surface area contributed by atoms with Crippen molar-refractivity contribution in [2.24, 2.45) is 0 Å². The van der Waals surface area contributed by atoms with Gasteiger partial charge in [-0.25, -0.2) is 13.8 Å². The predicted octanol–water partition coefficient (Wildman–Crippen LogP) is 2.99. The number of hydrogen-bond acceptors (Lipinski definition) is 4. The van der Waals surface area contributed by atoms with Crippen molar-refractivity contribution < 1.29 is 13.2 Å². The molecule has 0 atom stereocenters. The molecule has 6 heteroatoms. The Balaban J connectivity index is 2.35. The second-order valence-corrected chi connectivity index (χ2v) is 4.12. The highest BCUT2D eigenvalue weighted by Crippen LogP contribution is 2.32. The Morgan fingerprint density at radius 3 is 2.75 bits per heavy atom. The lowest BCUT2D eigenvalue weighted by Crippen LogP contribution is -1.98. The van der Waals surface area contributed by atoms with Crippen molar-refractivity contribution in [2.45, 2.75) is 16.8 Å². The van der Waals surface area contributed by atoms with E-state index in [1.807, 2.05) is 0 Å². The summed E-state index contributed by atoms with van der Waals surface area (Å²) in [6.07, 6.45) is 1.49. The Kier molecular flexibility index (Phi) is 2.82. The number of furan rings is 1. The van der Waals surface area contributed by atoms with Crippen LogP contribution in [0.2, 0.25) is 0 Å². The molecule has 2 aromatic heterocycles. The van der Waals surface area contributed by atoms with E-state index in [1.165, 1.54) is 6.26 Å². The van der Waals surface area contributed by atoms with Crippen molar-refractivity contribution in [2.75, 3.05) is 5.73 Å². The highest BCUT2D eigenvalue weighted by molar-refractivity contribution is 7.99. The van der Waals surface area contributed by atoms with Crippen LogP contribution in [-0.4, -0.2) is 4.98 Å². The van der Waals surface area contributed by atoms with Gasteiger partial charge >= 0.3 is 0 Å². The van der Waals surface area contributed by atoms with Crippen LogP contribution in [0.1, 0.15) is 5.76 Å². The monoisotopic (exact) mass is 242 g/mol. The van der Waals surface area contributed by atoms with Gasteiger partial charge in [0.25, 0.3) is 0 Å². The number of aryl methyl sites for hydroxylation is 1. The van der Waals surface area contributed by atoms with E-state index < -0.39 is 11.6 Å². The standard InChI is InChI=1S/C10H8F2N2OS/c1-5-8(2-3-15-5)16-10-7(12)4-6(11)9(13)14-10/h2-4H,1H3,(H2,13,14).